The maximum Gasteiger partial charge on any atom is 0.240 e. The first-order valence-corrected chi connectivity index (χ1v) is 7.86. The lowest BCUT2D eigenvalue weighted by molar-refractivity contribution is 0.139. The van der Waals surface area contributed by atoms with Gasteiger partial charge in [-0.1, -0.05) is 6.92 Å². The summed E-state index contributed by atoms with van der Waals surface area (Å²) < 4.78 is 36.8. The van der Waals surface area contributed by atoms with E-state index in [4.69, 9.17) is 14.6 Å². The van der Waals surface area contributed by atoms with Crippen molar-refractivity contribution in [3.63, 3.8) is 0 Å². The van der Waals surface area contributed by atoms with Crippen LogP contribution in [0.4, 0.5) is 0 Å². The summed E-state index contributed by atoms with van der Waals surface area (Å²) in [6, 6.07) is 5.48. The number of nitrogens with one attached hydrogen (secondary N) is 1. The Morgan fingerprint density at radius 2 is 1.95 bits per heavy atom. The Bertz CT molecular complexity index is 486. The first-order valence-electron chi connectivity index (χ1n) is 6.38. The predicted molar refractivity (Wildman–Crippen MR) is 75.3 cm³/mol. The Kier molecular flexibility index (Phi) is 6.94. The van der Waals surface area contributed by atoms with E-state index in [2.05, 4.69) is 4.72 Å². The summed E-state index contributed by atoms with van der Waals surface area (Å²) in [6.45, 7) is 2.36. The van der Waals surface area contributed by atoms with E-state index in [1.807, 2.05) is 6.92 Å². The lowest BCUT2D eigenvalue weighted by atomic mass is 10.3. The third kappa shape index (κ3) is 5.09. The van der Waals surface area contributed by atoms with Gasteiger partial charge >= 0.3 is 0 Å². The van der Waals surface area contributed by atoms with Gasteiger partial charge in [0.05, 0.1) is 30.8 Å². The monoisotopic (exact) mass is 303 g/mol. The van der Waals surface area contributed by atoms with Crippen LogP contribution in [0.5, 0.6) is 5.75 Å². The fourth-order valence-corrected chi connectivity index (χ4v) is 2.76. The van der Waals surface area contributed by atoms with Crippen LogP contribution in [-0.4, -0.2) is 46.5 Å². The van der Waals surface area contributed by atoms with E-state index in [-0.39, 0.29) is 18.1 Å². The summed E-state index contributed by atoms with van der Waals surface area (Å²) >= 11 is 0. The number of ether oxygens (including phenoxy) is 2. The fourth-order valence-electron chi connectivity index (χ4n) is 1.55. The van der Waals surface area contributed by atoms with Crippen molar-refractivity contribution in [2.75, 3.05) is 26.9 Å². The standard InChI is InChI=1S/C13H21NO5S/c1-3-8-19-12-4-6-13(7-5-12)20(16,17)14-11(9-15)10-18-2/h4-7,11,14-15H,3,8-10H2,1-2H3. The van der Waals surface area contributed by atoms with Crippen molar-refractivity contribution < 1.29 is 23.0 Å². The third-order valence-electron chi connectivity index (χ3n) is 2.52. The van der Waals surface area contributed by atoms with Crippen molar-refractivity contribution in [3.05, 3.63) is 24.3 Å². The summed E-state index contributed by atoms with van der Waals surface area (Å²) in [7, 11) is -2.24. The van der Waals surface area contributed by atoms with E-state index in [0.717, 1.165) is 6.42 Å². The summed E-state index contributed by atoms with van der Waals surface area (Å²) in [5, 5.41) is 9.08. The molecule has 7 heteroatoms. The molecule has 6 nitrogen and oxygen atoms in total. The summed E-state index contributed by atoms with van der Waals surface area (Å²) in [4.78, 5) is 0.121. The van der Waals surface area contributed by atoms with Crippen LogP contribution in [0.25, 0.3) is 0 Å². The molecule has 0 saturated carbocycles. The van der Waals surface area contributed by atoms with Gasteiger partial charge in [-0.2, -0.15) is 0 Å². The number of rotatable bonds is 9. The average Bonchev–Trinajstić information content (AvgIpc) is 2.45. The van der Waals surface area contributed by atoms with Gasteiger partial charge in [0.1, 0.15) is 5.75 Å². The van der Waals surface area contributed by atoms with Crippen molar-refractivity contribution in [1.29, 1.82) is 0 Å². The quantitative estimate of drug-likeness (QED) is 0.703. The molecule has 0 aliphatic rings. The molecule has 0 amide bonds. The molecular formula is C13H21NO5S. The predicted octanol–water partition coefficient (Wildman–Crippen LogP) is 0.761. The largest absolute Gasteiger partial charge is 0.494 e. The molecule has 1 unspecified atom stereocenters. The molecule has 0 aromatic heterocycles. The number of methoxy groups -OCH3 is 1. The van der Waals surface area contributed by atoms with Gasteiger partial charge in [-0.05, 0) is 30.7 Å². The smallest absolute Gasteiger partial charge is 0.240 e. The minimum Gasteiger partial charge on any atom is -0.494 e. The van der Waals surface area contributed by atoms with Gasteiger partial charge in [-0.15, -0.1) is 0 Å². The number of hydrogen-bond acceptors (Lipinski definition) is 5. The van der Waals surface area contributed by atoms with Crippen LogP contribution in [0, 0.1) is 0 Å². The second-order valence-corrected chi connectivity index (χ2v) is 5.99. The maximum atomic E-state index is 12.1. The molecule has 1 aromatic carbocycles. The van der Waals surface area contributed by atoms with Crippen LogP contribution in [0.3, 0.4) is 0 Å². The fraction of sp³-hybridized carbons (Fsp3) is 0.538. The van der Waals surface area contributed by atoms with Gasteiger partial charge in [0.25, 0.3) is 0 Å². The molecule has 1 aromatic rings. The Morgan fingerprint density at radius 1 is 1.30 bits per heavy atom. The zero-order valence-electron chi connectivity index (χ0n) is 11.7. The SMILES string of the molecule is CCCOc1ccc(S(=O)(=O)NC(CO)COC)cc1. The van der Waals surface area contributed by atoms with E-state index in [0.29, 0.717) is 12.4 Å². The minimum absolute atomic E-state index is 0.105. The van der Waals surface area contributed by atoms with Crippen LogP contribution in [0.15, 0.2) is 29.2 Å². The van der Waals surface area contributed by atoms with Crippen LogP contribution >= 0.6 is 0 Å². The highest BCUT2D eigenvalue weighted by Gasteiger charge is 2.19. The van der Waals surface area contributed by atoms with Crippen LogP contribution in [-0.2, 0) is 14.8 Å². The normalized spacial score (nSPS) is 13.2. The van der Waals surface area contributed by atoms with Gasteiger partial charge in [-0.25, -0.2) is 13.1 Å². The molecule has 0 radical (unpaired) electrons. The van der Waals surface area contributed by atoms with Crippen molar-refractivity contribution in [2.24, 2.45) is 0 Å². The molecule has 0 fully saturated rings. The van der Waals surface area contributed by atoms with Crippen molar-refractivity contribution in [2.45, 2.75) is 24.3 Å². The number of aliphatic hydroxyl groups excluding tert-OH is 1. The molecule has 1 atom stereocenters. The van der Waals surface area contributed by atoms with Crippen LogP contribution in [0.1, 0.15) is 13.3 Å². The molecule has 0 spiro atoms. The molecule has 20 heavy (non-hydrogen) atoms. The van der Waals surface area contributed by atoms with Crippen molar-refractivity contribution in [3.8, 4) is 5.75 Å². The molecule has 114 valence electrons. The first kappa shape index (κ1) is 16.9. The van der Waals surface area contributed by atoms with E-state index in [1.54, 1.807) is 12.1 Å². The Balaban J connectivity index is 2.76. The molecule has 0 heterocycles. The van der Waals surface area contributed by atoms with Gasteiger partial charge < -0.3 is 14.6 Å². The second-order valence-electron chi connectivity index (χ2n) is 4.28. The van der Waals surface area contributed by atoms with E-state index in [1.165, 1.54) is 19.2 Å². The van der Waals surface area contributed by atoms with E-state index >= 15 is 0 Å². The average molecular weight is 303 g/mol. The Labute approximate surface area is 119 Å². The van der Waals surface area contributed by atoms with Crippen molar-refractivity contribution >= 4 is 10.0 Å². The highest BCUT2D eigenvalue weighted by molar-refractivity contribution is 7.89. The Hall–Kier alpha value is -1.15. The summed E-state index contributed by atoms with van der Waals surface area (Å²) in [5.74, 6) is 0.626. The number of sulfonamides is 1. The summed E-state index contributed by atoms with van der Waals surface area (Å²) in [5.41, 5.74) is 0. The Morgan fingerprint density at radius 3 is 2.45 bits per heavy atom. The maximum absolute atomic E-state index is 12.1. The molecule has 0 saturated heterocycles. The highest BCUT2D eigenvalue weighted by Crippen LogP contribution is 2.16. The zero-order chi connectivity index (χ0) is 15.0. The molecule has 2 N–H and O–H groups in total. The second kappa shape index (κ2) is 8.21. The molecule has 0 aliphatic carbocycles. The number of benzene rings is 1. The van der Waals surface area contributed by atoms with Gasteiger partial charge in [0.2, 0.25) is 10.0 Å². The van der Waals surface area contributed by atoms with E-state index in [9.17, 15) is 8.42 Å². The molecule has 0 bridgehead atoms. The molecule has 0 aliphatic heterocycles. The lowest BCUT2D eigenvalue weighted by Crippen LogP contribution is -2.40. The van der Waals surface area contributed by atoms with Crippen LogP contribution in [0.2, 0.25) is 0 Å². The minimum atomic E-state index is -3.68. The third-order valence-corrected chi connectivity index (χ3v) is 4.05. The molecular weight excluding hydrogens is 282 g/mol. The van der Waals surface area contributed by atoms with Gasteiger partial charge in [0.15, 0.2) is 0 Å². The van der Waals surface area contributed by atoms with E-state index < -0.39 is 16.1 Å². The zero-order valence-corrected chi connectivity index (χ0v) is 12.5. The first-order chi connectivity index (χ1) is 9.53. The topological polar surface area (TPSA) is 84.9 Å². The van der Waals surface area contributed by atoms with Crippen LogP contribution < -0.4 is 9.46 Å². The summed E-state index contributed by atoms with van der Waals surface area (Å²) in [6.07, 6.45) is 0.886. The number of aliphatic hydroxyl groups is 1. The number of hydrogen-bond donors (Lipinski definition) is 2. The lowest BCUT2D eigenvalue weighted by Gasteiger charge is -2.15. The van der Waals surface area contributed by atoms with Gasteiger partial charge in [0, 0.05) is 7.11 Å². The van der Waals surface area contributed by atoms with Gasteiger partial charge in [-0.3, -0.25) is 0 Å². The van der Waals surface area contributed by atoms with Crippen molar-refractivity contribution in [1.82, 2.24) is 4.72 Å². The molecule has 1 rings (SSSR count). The highest BCUT2D eigenvalue weighted by atomic mass is 32.2.